The number of rotatable bonds is 5. The highest BCUT2D eigenvalue weighted by atomic mass is 16.5. The first-order chi connectivity index (χ1) is 19.9. The molecule has 41 heavy (non-hydrogen) atoms. The number of nitrogens with two attached hydrogens (primary N) is 1. The molecule has 4 N–H and O–H groups in total. The lowest BCUT2D eigenvalue weighted by Crippen LogP contribution is -2.54. The topological polar surface area (TPSA) is 127 Å². The number of urea groups is 1. The van der Waals surface area contributed by atoms with E-state index in [-0.39, 0.29) is 18.9 Å². The average Bonchev–Trinajstić information content (AvgIpc) is 3.41. The zero-order valence-corrected chi connectivity index (χ0v) is 23.3. The van der Waals surface area contributed by atoms with Crippen molar-refractivity contribution >= 4 is 34.8 Å². The first kappa shape index (κ1) is 28.1. The van der Waals surface area contributed by atoms with E-state index in [9.17, 15) is 14.4 Å². The van der Waals surface area contributed by atoms with E-state index in [4.69, 9.17) is 15.5 Å². The summed E-state index contributed by atoms with van der Waals surface area (Å²) in [5.41, 5.74) is 9.29. The number of allylic oxidation sites excluding steroid dienone is 1. The summed E-state index contributed by atoms with van der Waals surface area (Å²) in [6.07, 6.45) is 7.54. The van der Waals surface area contributed by atoms with Crippen LogP contribution in [0.4, 0.5) is 4.79 Å². The normalized spacial score (nSPS) is 22.4. The fraction of sp³-hybridized carbons (Fsp3) is 0.375. The Morgan fingerprint density at radius 2 is 1.98 bits per heavy atom. The molecule has 2 aliphatic rings. The molecule has 0 aliphatic carbocycles. The van der Waals surface area contributed by atoms with Gasteiger partial charge in [0.05, 0.1) is 17.8 Å². The predicted octanol–water partition coefficient (Wildman–Crippen LogP) is 4.40. The van der Waals surface area contributed by atoms with Crippen LogP contribution in [0.1, 0.15) is 51.0 Å². The number of unbranched alkanes of at least 4 members (excludes halogenated alkanes) is 1. The third-order valence-corrected chi connectivity index (χ3v) is 7.63. The van der Waals surface area contributed by atoms with Crippen molar-refractivity contribution < 1.29 is 19.1 Å². The molecule has 9 heteroatoms. The Bertz CT molecular complexity index is 1440. The lowest BCUT2D eigenvalue weighted by Gasteiger charge is -2.27. The molecule has 0 unspecified atom stereocenters. The third kappa shape index (κ3) is 6.67. The smallest absolute Gasteiger partial charge is 0.315 e. The summed E-state index contributed by atoms with van der Waals surface area (Å²) in [4.78, 5) is 45.3. The second kappa shape index (κ2) is 12.8. The molecule has 9 nitrogen and oxygen atoms in total. The maximum atomic E-state index is 13.7. The maximum Gasteiger partial charge on any atom is 0.315 e. The number of hydrogen-bond acceptors (Lipinski definition) is 5. The predicted molar refractivity (Wildman–Crippen MR) is 159 cm³/mol. The average molecular weight is 556 g/mol. The number of amides is 4. The van der Waals surface area contributed by atoms with Crippen molar-refractivity contribution in [3.8, 4) is 17.0 Å². The van der Waals surface area contributed by atoms with Crippen molar-refractivity contribution in [3.63, 3.8) is 0 Å². The molecule has 0 spiro atoms. The van der Waals surface area contributed by atoms with Crippen LogP contribution in [0, 0.1) is 0 Å². The maximum absolute atomic E-state index is 13.7. The van der Waals surface area contributed by atoms with Crippen LogP contribution >= 0.6 is 0 Å². The molecule has 0 radical (unpaired) electrons. The van der Waals surface area contributed by atoms with Gasteiger partial charge in [-0.05, 0) is 37.0 Å². The number of pyridine rings is 1. The van der Waals surface area contributed by atoms with E-state index in [0.29, 0.717) is 18.7 Å². The molecule has 214 valence electrons. The second-order valence-corrected chi connectivity index (χ2v) is 10.7. The van der Waals surface area contributed by atoms with Gasteiger partial charge in [0, 0.05) is 30.0 Å². The van der Waals surface area contributed by atoms with Crippen LogP contribution in [0.3, 0.4) is 0 Å². The van der Waals surface area contributed by atoms with Gasteiger partial charge in [-0.1, -0.05) is 68.3 Å². The Labute approximate surface area is 240 Å². The first-order valence-electron chi connectivity index (χ1n) is 14.4. The zero-order valence-electron chi connectivity index (χ0n) is 23.3. The minimum Gasteiger partial charge on any atom is -0.488 e. The molecule has 3 aromatic rings. The highest BCUT2D eigenvalue weighted by molar-refractivity contribution is 5.92. The van der Waals surface area contributed by atoms with Gasteiger partial charge in [0.1, 0.15) is 23.9 Å². The number of benzene rings is 2. The van der Waals surface area contributed by atoms with Crippen LogP contribution in [0.25, 0.3) is 28.2 Å². The monoisotopic (exact) mass is 555 g/mol. The molecule has 0 saturated carbocycles. The van der Waals surface area contributed by atoms with Crippen molar-refractivity contribution in [2.24, 2.45) is 5.73 Å². The molecule has 4 amide bonds. The summed E-state index contributed by atoms with van der Waals surface area (Å²) in [5.74, 6) is -0.279. The van der Waals surface area contributed by atoms with Gasteiger partial charge in [-0.15, -0.1) is 0 Å². The van der Waals surface area contributed by atoms with E-state index in [2.05, 4.69) is 22.8 Å². The van der Waals surface area contributed by atoms with E-state index in [1.165, 1.54) is 4.90 Å². The van der Waals surface area contributed by atoms with Crippen LogP contribution in [-0.4, -0.2) is 59.0 Å². The number of nitrogens with zero attached hydrogens (tertiary/aromatic N) is 2. The third-order valence-electron chi connectivity index (χ3n) is 7.63. The van der Waals surface area contributed by atoms with Gasteiger partial charge < -0.3 is 26.0 Å². The van der Waals surface area contributed by atoms with Crippen LogP contribution in [0.5, 0.6) is 5.75 Å². The Hall–Kier alpha value is -4.40. The molecule has 4 bridgehead atoms. The van der Waals surface area contributed by atoms with E-state index < -0.39 is 30.1 Å². The van der Waals surface area contributed by atoms with Gasteiger partial charge in [-0.25, -0.2) is 9.78 Å². The Morgan fingerprint density at radius 3 is 2.76 bits per heavy atom. The molecule has 2 aliphatic heterocycles. The number of ether oxygens (including phenoxy) is 1. The van der Waals surface area contributed by atoms with Gasteiger partial charge in [0.25, 0.3) is 0 Å². The molecular weight excluding hydrogens is 518 g/mol. The van der Waals surface area contributed by atoms with Crippen molar-refractivity contribution in [1.82, 2.24) is 20.5 Å². The number of hydrogen-bond donors (Lipinski definition) is 3. The van der Waals surface area contributed by atoms with Crippen molar-refractivity contribution in [3.05, 3.63) is 66.2 Å². The van der Waals surface area contributed by atoms with Crippen LogP contribution in [0.15, 0.2) is 60.7 Å². The Morgan fingerprint density at radius 1 is 1.15 bits per heavy atom. The highest BCUT2D eigenvalue weighted by Gasteiger charge is 2.42. The largest absolute Gasteiger partial charge is 0.488 e. The number of nitrogens with one attached hydrogen (secondary N) is 2. The summed E-state index contributed by atoms with van der Waals surface area (Å²) in [7, 11) is 0. The molecule has 1 fully saturated rings. The van der Waals surface area contributed by atoms with Gasteiger partial charge in [0.15, 0.2) is 0 Å². The number of carbonyl (C=O) groups is 3. The summed E-state index contributed by atoms with van der Waals surface area (Å²) < 4.78 is 6.58. The van der Waals surface area contributed by atoms with Crippen molar-refractivity contribution in [1.29, 1.82) is 0 Å². The molecule has 5 rings (SSSR count). The molecule has 3 heterocycles. The lowest BCUT2D eigenvalue weighted by atomic mass is 10.1. The fourth-order valence-electron chi connectivity index (χ4n) is 5.46. The number of primary amides is 1. The number of carbonyl (C=O) groups excluding carboxylic acids is 3. The summed E-state index contributed by atoms with van der Waals surface area (Å²) in [6.45, 7) is 2.68. The number of fused-ring (bicyclic) bond motifs is 3. The quantitative estimate of drug-likeness (QED) is 0.430. The van der Waals surface area contributed by atoms with E-state index >= 15 is 0 Å². The van der Waals surface area contributed by atoms with E-state index in [0.717, 1.165) is 53.4 Å². The summed E-state index contributed by atoms with van der Waals surface area (Å²) >= 11 is 0. The first-order valence-corrected chi connectivity index (χ1v) is 14.4. The lowest BCUT2D eigenvalue weighted by molar-refractivity contribution is -0.139. The fourth-order valence-corrected chi connectivity index (χ4v) is 5.46. The van der Waals surface area contributed by atoms with Gasteiger partial charge in [0.2, 0.25) is 11.8 Å². The van der Waals surface area contributed by atoms with Crippen LogP contribution < -0.4 is 21.1 Å². The molecule has 1 saturated heterocycles. The highest BCUT2D eigenvalue weighted by Crippen LogP contribution is 2.34. The van der Waals surface area contributed by atoms with Gasteiger partial charge in [-0.2, -0.15) is 0 Å². The molecule has 1 aromatic heterocycles. The molecule has 2 aromatic carbocycles. The van der Waals surface area contributed by atoms with E-state index in [1.54, 1.807) is 0 Å². The van der Waals surface area contributed by atoms with Crippen LogP contribution in [-0.2, 0) is 9.59 Å². The van der Waals surface area contributed by atoms with Crippen molar-refractivity contribution in [2.45, 2.75) is 63.6 Å². The van der Waals surface area contributed by atoms with Gasteiger partial charge >= 0.3 is 6.03 Å². The standard InChI is InChI=1S/C32H37N5O4/c1-2-3-13-26-31(39)37-20-23(18-28(37)30(33)38)41-29-19-27(22-11-7-4-8-12-22)35-25-15-14-21(17-24(25)29)10-6-5-9-16-34-32(40)36-26/h4,6-8,10-12,14-15,17,19,23,26,28H,2-3,5,9,13,16,18,20H2,1H3,(H2,33,38)(H2,34,36,40)/b10-6+/t23-,26+,28+/m1/s1. The van der Waals surface area contributed by atoms with Gasteiger partial charge in [-0.3, -0.25) is 9.59 Å². The summed E-state index contributed by atoms with van der Waals surface area (Å²) in [5, 5.41) is 6.53. The SMILES string of the molecule is CCCC[C@@H]1NC(=O)NCCC/C=C/c2ccc3nc(-c4ccccc4)cc(c3c2)O[C@@H]2C[C@@H](C(N)=O)N(C2)C1=O. The Balaban J connectivity index is 1.54. The van der Waals surface area contributed by atoms with Crippen molar-refractivity contribution in [2.75, 3.05) is 13.1 Å². The van der Waals surface area contributed by atoms with E-state index in [1.807, 2.05) is 61.5 Å². The second-order valence-electron chi connectivity index (χ2n) is 10.7. The summed E-state index contributed by atoms with van der Waals surface area (Å²) in [6, 6.07) is 15.9. The zero-order chi connectivity index (χ0) is 28.8. The minimum atomic E-state index is -0.830. The van der Waals surface area contributed by atoms with Crippen LogP contribution in [0.2, 0.25) is 0 Å². The number of aromatic nitrogens is 1. The molecular formula is C32H37N5O4. The minimum absolute atomic E-state index is 0.183. The molecule has 3 atom stereocenters. The Kier molecular flexibility index (Phi) is 8.82.